The molecule has 0 radical (unpaired) electrons. The van der Waals surface area contributed by atoms with E-state index in [1.165, 1.54) is 12.2 Å². The van der Waals surface area contributed by atoms with Crippen LogP contribution in [-0.2, 0) is 76.4 Å². The van der Waals surface area contributed by atoms with Gasteiger partial charge in [-0.2, -0.15) is 9.59 Å². The average molecular weight is 901 g/mol. The smallest absolute Gasteiger partial charge is 0.373 e. The molecule has 0 saturated carbocycles. The number of carbonyl (C=O) groups excluding carboxylic acids is 11. The van der Waals surface area contributed by atoms with Gasteiger partial charge in [0.1, 0.15) is 23.1 Å². The Morgan fingerprint density at radius 1 is 0.746 bits per heavy atom. The lowest BCUT2D eigenvalue weighted by Gasteiger charge is -2.24. The number of hydrogen-bond donors (Lipinski definition) is 3. The number of aliphatic imine (C=N–C) groups is 2. The Kier molecular flexibility index (Phi) is 31.1. The van der Waals surface area contributed by atoms with Crippen molar-refractivity contribution in [1.29, 1.82) is 0 Å². The van der Waals surface area contributed by atoms with Gasteiger partial charge in [0, 0.05) is 24.0 Å². The van der Waals surface area contributed by atoms with Crippen molar-refractivity contribution in [3.05, 3.63) is 23.3 Å². The van der Waals surface area contributed by atoms with Crippen LogP contribution in [0, 0.1) is 5.41 Å². The fourth-order valence-electron chi connectivity index (χ4n) is 3.84. The van der Waals surface area contributed by atoms with Crippen molar-refractivity contribution in [3.8, 4) is 0 Å². The van der Waals surface area contributed by atoms with Crippen LogP contribution in [0.15, 0.2) is 33.3 Å². The van der Waals surface area contributed by atoms with Gasteiger partial charge in [0.25, 0.3) is 42.9 Å². The summed E-state index contributed by atoms with van der Waals surface area (Å²) in [5, 5.41) is 3.48. The van der Waals surface area contributed by atoms with Crippen LogP contribution >= 0.6 is 35.6 Å². The van der Waals surface area contributed by atoms with E-state index in [2.05, 4.69) is 60.3 Å². The Hall–Kier alpha value is -5.34. The fourth-order valence-corrected chi connectivity index (χ4v) is 4.07. The van der Waals surface area contributed by atoms with Gasteiger partial charge in [-0.3, -0.25) is 53.1 Å². The number of carbonyl (C=O) groups is 9. The molecule has 0 aliphatic carbocycles. The summed E-state index contributed by atoms with van der Waals surface area (Å²) in [5.74, 6) is -1.66. The number of ether oxygens (including phenoxy) is 5. The lowest BCUT2D eigenvalue weighted by atomic mass is 9.89. The highest BCUT2D eigenvalue weighted by molar-refractivity contribution is 6.84. The van der Waals surface area contributed by atoms with Gasteiger partial charge in [0.05, 0.1) is 26.3 Å². The second-order valence-corrected chi connectivity index (χ2v) is 14.2. The molecule has 0 spiro atoms. The first kappa shape index (κ1) is 58.0. The number of nitrogens with two attached hydrogens (primary N) is 1. The van der Waals surface area contributed by atoms with Crippen molar-refractivity contribution < 1.29 is 76.4 Å². The molecule has 3 atom stereocenters. The fraction of sp³-hybridized carbons (Fsp3) is 0.543. The van der Waals surface area contributed by atoms with Gasteiger partial charge >= 0.3 is 12.1 Å². The lowest BCUT2D eigenvalue weighted by molar-refractivity contribution is -0.192. The molecule has 0 aromatic heterocycles. The van der Waals surface area contributed by atoms with Crippen molar-refractivity contribution in [2.24, 2.45) is 21.1 Å². The summed E-state index contributed by atoms with van der Waals surface area (Å²) < 4.78 is 23.5. The minimum Gasteiger partial charge on any atom is -0.468 e. The Bertz CT molecular complexity index is 1600. The molecule has 2 rings (SSSR count). The van der Waals surface area contributed by atoms with Crippen LogP contribution in [0.25, 0.3) is 0 Å². The Morgan fingerprint density at radius 3 is 1.56 bits per heavy atom. The molecule has 2 heterocycles. The summed E-state index contributed by atoms with van der Waals surface area (Å²) in [7, 11) is 0. The van der Waals surface area contributed by atoms with Gasteiger partial charge < -0.3 is 40.1 Å². The van der Waals surface area contributed by atoms with E-state index in [1.807, 2.05) is 20.8 Å². The molecule has 0 aromatic carbocycles. The maximum Gasteiger partial charge on any atom is 0.373 e. The molecular formula is C35H48Cl3N5O16. The van der Waals surface area contributed by atoms with Gasteiger partial charge in [-0.25, -0.2) is 0 Å². The van der Waals surface area contributed by atoms with E-state index in [9.17, 15) is 43.2 Å². The maximum absolute atomic E-state index is 12.2. The first-order valence-electron chi connectivity index (χ1n) is 16.9. The van der Waals surface area contributed by atoms with Crippen LogP contribution < -0.4 is 16.4 Å². The van der Waals surface area contributed by atoms with Crippen molar-refractivity contribution in [2.75, 3.05) is 26.3 Å². The van der Waals surface area contributed by atoms with E-state index in [-0.39, 0.29) is 112 Å². The van der Waals surface area contributed by atoms with E-state index >= 15 is 0 Å². The zero-order chi connectivity index (χ0) is 44.9. The molecule has 2 amide bonds. The molecule has 0 unspecified atom stereocenters. The number of amides is 2. The van der Waals surface area contributed by atoms with Crippen molar-refractivity contribution >= 4 is 107 Å². The molecule has 0 bridgehead atoms. The molecule has 0 aromatic rings. The van der Waals surface area contributed by atoms with Crippen LogP contribution in [0.5, 0.6) is 0 Å². The number of nitrogens with one attached hydrogen (secondary N) is 2. The van der Waals surface area contributed by atoms with E-state index in [1.54, 1.807) is 0 Å². The van der Waals surface area contributed by atoms with Crippen LogP contribution in [0.1, 0.15) is 67.2 Å². The standard InChI is InChI=1S/C16H19N3O10.C12H25NO2.C6H3Cl2NO2.CO2.ClH/c20-7-26-3-1-13(28-9-22)18-15(24)11-5-12(17-6-11)16(25)19-14(29-10-23)2-4-27-8-21;1-11(2,3)8-7-9(13)10(14)15-12(4,5)6;7-5(10)3-1-4(6(8)11)9-2-3;2-1-3;/h5,7-10,13-14H,1-4,6H2,(H,18,24)(H,19,25);9H,7-8,13H2,1-6H3;1H,2H2;;1H/t13-,14-;9-;;;/m10.../s1. The third kappa shape index (κ3) is 29.5. The van der Waals surface area contributed by atoms with Crippen molar-refractivity contribution in [2.45, 2.75) is 91.3 Å². The third-order valence-corrected chi connectivity index (χ3v) is 6.95. The molecule has 2 aliphatic rings. The van der Waals surface area contributed by atoms with E-state index in [0.29, 0.717) is 12.0 Å². The minimum absolute atomic E-state index is 0. The first-order chi connectivity index (χ1) is 27.1. The Labute approximate surface area is 355 Å². The molecule has 59 heavy (non-hydrogen) atoms. The van der Waals surface area contributed by atoms with Gasteiger partial charge in [0.15, 0.2) is 12.5 Å². The van der Waals surface area contributed by atoms with E-state index in [0.717, 1.165) is 6.42 Å². The zero-order valence-corrected chi connectivity index (χ0v) is 35.3. The van der Waals surface area contributed by atoms with Crippen molar-refractivity contribution in [1.82, 2.24) is 10.6 Å². The molecule has 2 aliphatic heterocycles. The monoisotopic (exact) mass is 899 g/mol. The number of rotatable bonds is 21. The van der Waals surface area contributed by atoms with Gasteiger partial charge in [-0.05, 0) is 74.4 Å². The third-order valence-electron chi connectivity index (χ3n) is 6.51. The van der Waals surface area contributed by atoms with E-state index < -0.39 is 46.4 Å². The van der Waals surface area contributed by atoms with Gasteiger partial charge in [-0.1, -0.05) is 20.8 Å². The van der Waals surface area contributed by atoms with Gasteiger partial charge in [0.2, 0.25) is 5.24 Å². The number of hydrogen-bond acceptors (Lipinski definition) is 19. The average Bonchev–Trinajstić information content (AvgIpc) is 3.83. The van der Waals surface area contributed by atoms with Crippen LogP contribution in [-0.4, -0.2) is 122 Å². The SMILES string of the molecule is CC(C)(C)CC[C@H](N)C(=O)OC(C)(C)C.Cl.O=C(Cl)C1=CC(C(=O)Cl)=NC1.O=C=O.O=COCC[C@H](NC(=O)C1=CC(C(=O)N[C@@H](CCOC=O)OC=O)=NC1)OC=O. The predicted octanol–water partition coefficient (Wildman–Crippen LogP) is 0.942. The zero-order valence-electron chi connectivity index (χ0n) is 33.0. The quantitative estimate of drug-likeness (QED) is 0.0360. The summed E-state index contributed by atoms with van der Waals surface area (Å²) in [4.78, 5) is 122. The molecule has 4 N–H and O–H groups in total. The number of esters is 1. The topological polar surface area (TPSA) is 309 Å². The van der Waals surface area contributed by atoms with Crippen molar-refractivity contribution in [3.63, 3.8) is 0 Å². The summed E-state index contributed by atoms with van der Waals surface area (Å²) in [6.45, 7) is 12.5. The molecule has 0 saturated heterocycles. The number of allylic oxidation sites excluding steroid dienone is 1. The Morgan fingerprint density at radius 2 is 1.19 bits per heavy atom. The lowest BCUT2D eigenvalue weighted by Crippen LogP contribution is -2.41. The summed E-state index contributed by atoms with van der Waals surface area (Å²) in [6, 6.07) is -0.497. The largest absolute Gasteiger partial charge is 0.468 e. The van der Waals surface area contributed by atoms with E-state index in [4.69, 9.17) is 43.3 Å². The Balaban J connectivity index is -0.000000868. The molecule has 21 nitrogen and oxygen atoms in total. The maximum atomic E-state index is 12.2. The summed E-state index contributed by atoms with van der Waals surface area (Å²) >= 11 is 10.2. The van der Waals surface area contributed by atoms with Crippen LogP contribution in [0.3, 0.4) is 0 Å². The normalized spacial score (nSPS) is 13.8. The number of halogens is 3. The highest BCUT2D eigenvalue weighted by Gasteiger charge is 2.25. The minimum atomic E-state index is -1.06. The highest BCUT2D eigenvalue weighted by Crippen LogP contribution is 2.22. The summed E-state index contributed by atoms with van der Waals surface area (Å²) in [5.41, 5.74) is 5.93. The molecule has 330 valence electrons. The summed E-state index contributed by atoms with van der Waals surface area (Å²) in [6.07, 6.45) is 2.31. The second kappa shape index (κ2) is 31.6. The highest BCUT2D eigenvalue weighted by atomic mass is 35.5. The molecule has 24 heteroatoms. The first-order valence-corrected chi connectivity index (χ1v) is 17.6. The van der Waals surface area contributed by atoms with Crippen LogP contribution in [0.4, 0.5) is 0 Å². The second-order valence-electron chi connectivity index (χ2n) is 13.5. The predicted molar refractivity (Wildman–Crippen MR) is 209 cm³/mol. The van der Waals surface area contributed by atoms with Crippen LogP contribution in [0.2, 0.25) is 0 Å². The number of nitrogens with zero attached hydrogens (tertiary/aromatic N) is 2. The molecular weight excluding hydrogens is 853 g/mol. The van der Waals surface area contributed by atoms with Gasteiger partial charge in [-0.15, -0.1) is 12.4 Å². The molecule has 0 fully saturated rings.